The van der Waals surface area contributed by atoms with Crippen LogP contribution in [0.3, 0.4) is 0 Å². The number of carbonyl (C=O) groups excluding carboxylic acids is 1. The standard InChI is InChI=1S/C13H14N4O/c1-10-7-17-12(9-16-10)13(18)15-6-4-11-3-2-5-14-8-11/h2-3,5,7-9H,4,6H2,1H3,(H,15,18). The number of amides is 1. The van der Waals surface area contributed by atoms with Crippen molar-refractivity contribution in [1.82, 2.24) is 20.3 Å². The third-order valence-corrected chi connectivity index (χ3v) is 2.44. The second kappa shape index (κ2) is 5.86. The topological polar surface area (TPSA) is 67.8 Å². The molecule has 5 nitrogen and oxygen atoms in total. The normalized spacial score (nSPS) is 10.1. The van der Waals surface area contributed by atoms with Gasteiger partial charge in [0.15, 0.2) is 0 Å². The molecule has 0 aliphatic rings. The predicted octanol–water partition coefficient (Wildman–Crippen LogP) is 1.15. The lowest BCUT2D eigenvalue weighted by atomic mass is 10.2. The molecule has 2 heterocycles. The van der Waals surface area contributed by atoms with Gasteiger partial charge in [-0.3, -0.25) is 14.8 Å². The van der Waals surface area contributed by atoms with Gasteiger partial charge in [-0.1, -0.05) is 6.07 Å². The van der Waals surface area contributed by atoms with Crippen molar-refractivity contribution in [3.05, 3.63) is 53.9 Å². The number of carbonyl (C=O) groups is 1. The molecule has 18 heavy (non-hydrogen) atoms. The van der Waals surface area contributed by atoms with Crippen LogP contribution in [0.4, 0.5) is 0 Å². The summed E-state index contributed by atoms with van der Waals surface area (Å²) in [6.45, 7) is 2.39. The highest BCUT2D eigenvalue weighted by atomic mass is 16.1. The quantitative estimate of drug-likeness (QED) is 0.873. The minimum Gasteiger partial charge on any atom is -0.350 e. The van der Waals surface area contributed by atoms with Crippen LogP contribution in [0.5, 0.6) is 0 Å². The first-order valence-electron chi connectivity index (χ1n) is 5.71. The van der Waals surface area contributed by atoms with Gasteiger partial charge in [-0.2, -0.15) is 0 Å². The van der Waals surface area contributed by atoms with Crippen molar-refractivity contribution in [3.8, 4) is 0 Å². The lowest BCUT2D eigenvalue weighted by molar-refractivity contribution is 0.0948. The fourth-order valence-electron chi connectivity index (χ4n) is 1.47. The highest BCUT2D eigenvalue weighted by molar-refractivity contribution is 5.91. The maximum Gasteiger partial charge on any atom is 0.271 e. The van der Waals surface area contributed by atoms with Gasteiger partial charge in [0.1, 0.15) is 5.69 Å². The summed E-state index contributed by atoms with van der Waals surface area (Å²) in [5.41, 5.74) is 2.22. The number of pyridine rings is 1. The number of nitrogens with zero attached hydrogens (tertiary/aromatic N) is 3. The highest BCUT2D eigenvalue weighted by Gasteiger charge is 2.06. The molecular formula is C13H14N4O. The average molecular weight is 242 g/mol. The first kappa shape index (κ1) is 12.2. The molecule has 0 saturated heterocycles. The Morgan fingerprint density at radius 1 is 1.28 bits per heavy atom. The second-order valence-corrected chi connectivity index (χ2v) is 3.91. The van der Waals surface area contributed by atoms with Gasteiger partial charge >= 0.3 is 0 Å². The van der Waals surface area contributed by atoms with Gasteiger partial charge in [0.25, 0.3) is 5.91 Å². The summed E-state index contributed by atoms with van der Waals surface area (Å²) in [4.78, 5) is 23.8. The summed E-state index contributed by atoms with van der Waals surface area (Å²) >= 11 is 0. The molecule has 1 N–H and O–H groups in total. The molecule has 0 spiro atoms. The number of hydrogen-bond donors (Lipinski definition) is 1. The summed E-state index contributed by atoms with van der Waals surface area (Å²) in [5.74, 6) is -0.202. The molecule has 2 aromatic rings. The zero-order valence-electron chi connectivity index (χ0n) is 10.1. The monoisotopic (exact) mass is 242 g/mol. The molecule has 0 radical (unpaired) electrons. The summed E-state index contributed by atoms with van der Waals surface area (Å²) in [7, 11) is 0. The van der Waals surface area contributed by atoms with Crippen molar-refractivity contribution in [2.24, 2.45) is 0 Å². The molecule has 0 saturated carbocycles. The minimum atomic E-state index is -0.202. The molecule has 0 fully saturated rings. The van der Waals surface area contributed by atoms with Crippen molar-refractivity contribution in [1.29, 1.82) is 0 Å². The smallest absolute Gasteiger partial charge is 0.271 e. The van der Waals surface area contributed by atoms with Crippen molar-refractivity contribution >= 4 is 5.91 Å². The Labute approximate surface area is 105 Å². The van der Waals surface area contributed by atoms with Crippen molar-refractivity contribution in [2.75, 3.05) is 6.54 Å². The predicted molar refractivity (Wildman–Crippen MR) is 67.0 cm³/mol. The van der Waals surface area contributed by atoms with Gasteiger partial charge in [0.05, 0.1) is 11.9 Å². The van der Waals surface area contributed by atoms with Gasteiger partial charge in [-0.25, -0.2) is 4.98 Å². The maximum atomic E-state index is 11.7. The van der Waals surface area contributed by atoms with E-state index in [1.807, 2.05) is 19.1 Å². The minimum absolute atomic E-state index is 0.202. The van der Waals surface area contributed by atoms with Crippen molar-refractivity contribution in [2.45, 2.75) is 13.3 Å². The van der Waals surface area contributed by atoms with Crippen LogP contribution in [0, 0.1) is 6.92 Å². The Morgan fingerprint density at radius 3 is 2.83 bits per heavy atom. The summed E-state index contributed by atoms with van der Waals surface area (Å²) in [6, 6.07) is 3.85. The number of hydrogen-bond acceptors (Lipinski definition) is 4. The highest BCUT2D eigenvalue weighted by Crippen LogP contribution is 1.97. The number of aromatic nitrogens is 3. The van der Waals surface area contributed by atoms with E-state index < -0.39 is 0 Å². The fourth-order valence-corrected chi connectivity index (χ4v) is 1.47. The second-order valence-electron chi connectivity index (χ2n) is 3.91. The van der Waals surface area contributed by atoms with E-state index in [1.54, 1.807) is 18.6 Å². The maximum absolute atomic E-state index is 11.7. The van der Waals surface area contributed by atoms with E-state index in [4.69, 9.17) is 0 Å². The molecule has 0 aliphatic carbocycles. The van der Waals surface area contributed by atoms with Crippen LogP contribution < -0.4 is 5.32 Å². The molecule has 1 amide bonds. The first-order chi connectivity index (χ1) is 8.75. The van der Waals surface area contributed by atoms with Crippen LogP contribution in [0.2, 0.25) is 0 Å². The SMILES string of the molecule is Cc1cnc(C(=O)NCCc2cccnc2)cn1. The largest absolute Gasteiger partial charge is 0.350 e. The molecule has 0 aliphatic heterocycles. The molecule has 2 aromatic heterocycles. The number of aryl methyl sites for hydroxylation is 1. The van der Waals surface area contributed by atoms with Crippen LogP contribution >= 0.6 is 0 Å². The Morgan fingerprint density at radius 2 is 2.17 bits per heavy atom. The first-order valence-corrected chi connectivity index (χ1v) is 5.71. The van der Waals surface area contributed by atoms with Crippen LogP contribution in [0.1, 0.15) is 21.7 Å². The molecule has 5 heteroatoms. The van der Waals surface area contributed by atoms with Crippen LogP contribution in [-0.4, -0.2) is 27.4 Å². The molecule has 0 atom stereocenters. The molecule has 0 unspecified atom stereocenters. The fraction of sp³-hybridized carbons (Fsp3) is 0.231. The van der Waals surface area contributed by atoms with Gasteiger partial charge in [-0.05, 0) is 25.0 Å². The van der Waals surface area contributed by atoms with Gasteiger partial charge in [-0.15, -0.1) is 0 Å². The van der Waals surface area contributed by atoms with E-state index in [9.17, 15) is 4.79 Å². The third-order valence-electron chi connectivity index (χ3n) is 2.44. The number of nitrogens with one attached hydrogen (secondary N) is 1. The Kier molecular flexibility index (Phi) is 3.96. The van der Waals surface area contributed by atoms with Gasteiger partial charge in [0, 0.05) is 25.1 Å². The Balaban J connectivity index is 1.84. The van der Waals surface area contributed by atoms with E-state index in [-0.39, 0.29) is 5.91 Å². The summed E-state index contributed by atoms with van der Waals surface area (Å²) in [5, 5.41) is 2.80. The van der Waals surface area contributed by atoms with Crippen LogP contribution in [0.15, 0.2) is 36.9 Å². The molecule has 0 aromatic carbocycles. The van der Waals surface area contributed by atoms with E-state index in [2.05, 4.69) is 20.3 Å². The zero-order valence-corrected chi connectivity index (χ0v) is 10.1. The van der Waals surface area contributed by atoms with Gasteiger partial charge in [0.2, 0.25) is 0 Å². The molecular weight excluding hydrogens is 228 g/mol. The Bertz CT molecular complexity index is 510. The van der Waals surface area contributed by atoms with Crippen molar-refractivity contribution < 1.29 is 4.79 Å². The van der Waals surface area contributed by atoms with Crippen LogP contribution in [0.25, 0.3) is 0 Å². The van der Waals surface area contributed by atoms with Gasteiger partial charge < -0.3 is 5.32 Å². The molecule has 0 bridgehead atoms. The van der Waals surface area contributed by atoms with E-state index in [1.165, 1.54) is 6.20 Å². The third kappa shape index (κ3) is 3.35. The van der Waals surface area contributed by atoms with E-state index >= 15 is 0 Å². The summed E-state index contributed by atoms with van der Waals surface area (Å²) < 4.78 is 0. The van der Waals surface area contributed by atoms with E-state index in [0.29, 0.717) is 12.2 Å². The molecule has 92 valence electrons. The zero-order chi connectivity index (χ0) is 12.8. The van der Waals surface area contributed by atoms with Crippen molar-refractivity contribution in [3.63, 3.8) is 0 Å². The average Bonchev–Trinajstić information content (AvgIpc) is 2.40. The molecule has 2 rings (SSSR count). The Hall–Kier alpha value is -2.30. The summed E-state index contributed by atoms with van der Waals surface area (Å²) in [6.07, 6.45) is 7.32. The lowest BCUT2D eigenvalue weighted by Gasteiger charge is -2.04. The van der Waals surface area contributed by atoms with Crippen LogP contribution in [-0.2, 0) is 6.42 Å². The number of rotatable bonds is 4. The van der Waals surface area contributed by atoms with E-state index in [0.717, 1.165) is 17.7 Å². The lowest BCUT2D eigenvalue weighted by Crippen LogP contribution is -2.26.